The van der Waals surface area contributed by atoms with Crippen molar-refractivity contribution >= 4 is 11.9 Å². The predicted molar refractivity (Wildman–Crippen MR) is 88.4 cm³/mol. The lowest BCUT2D eigenvalue weighted by Crippen LogP contribution is -2.29. The Labute approximate surface area is 152 Å². The van der Waals surface area contributed by atoms with E-state index in [4.69, 9.17) is 5.11 Å². The van der Waals surface area contributed by atoms with E-state index in [1.165, 1.54) is 17.0 Å². The second kappa shape index (κ2) is 6.98. The SMILES string of the molecule is Cc1cc(C(=O)O)cc(C(=O)N2CCC(c3nccc(C(F)(F)F)n3)C2)c1. The molecule has 9 heteroatoms. The summed E-state index contributed by atoms with van der Waals surface area (Å²) in [5.41, 5.74) is -0.134. The van der Waals surface area contributed by atoms with Gasteiger partial charge in [-0.1, -0.05) is 0 Å². The Morgan fingerprint density at radius 2 is 1.93 bits per heavy atom. The number of carboxylic acids is 1. The number of carbonyl (C=O) groups excluding carboxylic acids is 1. The zero-order chi connectivity index (χ0) is 19.8. The zero-order valence-electron chi connectivity index (χ0n) is 14.3. The minimum absolute atomic E-state index is 0.00955. The van der Waals surface area contributed by atoms with E-state index >= 15 is 0 Å². The minimum atomic E-state index is -4.55. The van der Waals surface area contributed by atoms with Crippen LogP contribution >= 0.6 is 0 Å². The molecule has 1 aromatic heterocycles. The molecule has 1 aliphatic rings. The van der Waals surface area contributed by atoms with Gasteiger partial charge in [-0.2, -0.15) is 13.2 Å². The Morgan fingerprint density at radius 1 is 1.22 bits per heavy atom. The van der Waals surface area contributed by atoms with Crippen LogP contribution in [0.5, 0.6) is 0 Å². The fraction of sp³-hybridized carbons (Fsp3) is 0.333. The number of aromatic carboxylic acids is 1. The summed E-state index contributed by atoms with van der Waals surface area (Å²) in [6, 6.07) is 5.15. The normalized spacial score (nSPS) is 17.2. The molecule has 1 amide bonds. The van der Waals surface area contributed by atoms with Crippen molar-refractivity contribution in [3.63, 3.8) is 0 Å². The highest BCUT2D eigenvalue weighted by molar-refractivity contribution is 5.98. The molecule has 142 valence electrons. The maximum absolute atomic E-state index is 12.8. The highest BCUT2D eigenvalue weighted by Crippen LogP contribution is 2.30. The van der Waals surface area contributed by atoms with Gasteiger partial charge < -0.3 is 10.0 Å². The van der Waals surface area contributed by atoms with Crippen LogP contribution in [0.1, 0.15) is 50.1 Å². The van der Waals surface area contributed by atoms with Gasteiger partial charge in [0.25, 0.3) is 5.91 Å². The van der Waals surface area contributed by atoms with Gasteiger partial charge in [-0.05, 0) is 43.2 Å². The molecule has 2 aromatic rings. The number of halogens is 3. The second-order valence-corrected chi connectivity index (χ2v) is 6.43. The van der Waals surface area contributed by atoms with E-state index in [9.17, 15) is 22.8 Å². The Hall–Kier alpha value is -2.97. The number of rotatable bonds is 3. The summed E-state index contributed by atoms with van der Waals surface area (Å²) in [6.45, 7) is 2.20. The molecule has 0 saturated carbocycles. The third kappa shape index (κ3) is 4.07. The summed E-state index contributed by atoms with van der Waals surface area (Å²) in [4.78, 5) is 32.9. The number of alkyl halides is 3. The summed E-state index contributed by atoms with van der Waals surface area (Å²) >= 11 is 0. The minimum Gasteiger partial charge on any atom is -0.478 e. The van der Waals surface area contributed by atoms with Crippen molar-refractivity contribution in [3.8, 4) is 0 Å². The summed E-state index contributed by atoms with van der Waals surface area (Å²) in [5.74, 6) is -1.85. The average Bonchev–Trinajstić information content (AvgIpc) is 3.10. The van der Waals surface area contributed by atoms with Crippen LogP contribution in [-0.2, 0) is 6.18 Å². The standard InChI is InChI=1S/C18H16F3N3O3/c1-10-6-12(8-13(7-10)17(26)27)16(25)24-5-3-11(9-24)15-22-4-2-14(23-15)18(19,20)21/h2,4,6-8,11H,3,5,9H2,1H3,(H,26,27). The number of amides is 1. The number of benzene rings is 1. The maximum atomic E-state index is 12.8. The predicted octanol–water partition coefficient (Wildman–Crippen LogP) is 3.13. The van der Waals surface area contributed by atoms with Crippen molar-refractivity contribution < 1.29 is 27.9 Å². The molecule has 0 spiro atoms. The first-order valence-electron chi connectivity index (χ1n) is 8.19. The lowest BCUT2D eigenvalue weighted by molar-refractivity contribution is -0.141. The van der Waals surface area contributed by atoms with Gasteiger partial charge >= 0.3 is 12.1 Å². The first kappa shape index (κ1) is 18.8. The van der Waals surface area contributed by atoms with Gasteiger partial charge in [-0.15, -0.1) is 0 Å². The van der Waals surface area contributed by atoms with Crippen molar-refractivity contribution in [1.82, 2.24) is 14.9 Å². The second-order valence-electron chi connectivity index (χ2n) is 6.43. The van der Waals surface area contributed by atoms with E-state index in [0.29, 0.717) is 18.5 Å². The monoisotopic (exact) mass is 379 g/mol. The van der Waals surface area contributed by atoms with Gasteiger partial charge in [0.15, 0.2) is 0 Å². The quantitative estimate of drug-likeness (QED) is 0.886. The smallest absolute Gasteiger partial charge is 0.433 e. The molecule has 6 nitrogen and oxygen atoms in total. The van der Waals surface area contributed by atoms with Gasteiger partial charge in [0, 0.05) is 30.8 Å². The number of carbonyl (C=O) groups is 2. The van der Waals surface area contributed by atoms with Crippen molar-refractivity contribution in [3.05, 3.63) is 58.7 Å². The molecular formula is C18H16F3N3O3. The third-order valence-corrected chi connectivity index (χ3v) is 4.38. The van der Waals surface area contributed by atoms with Crippen LogP contribution in [0, 0.1) is 6.92 Å². The van der Waals surface area contributed by atoms with Crippen molar-refractivity contribution in [2.75, 3.05) is 13.1 Å². The number of aryl methyl sites for hydroxylation is 1. The Bertz CT molecular complexity index is 899. The number of hydrogen-bond donors (Lipinski definition) is 1. The molecule has 1 aromatic carbocycles. The highest BCUT2D eigenvalue weighted by atomic mass is 19.4. The summed E-state index contributed by atoms with van der Waals surface area (Å²) in [6.07, 6.45) is -3.05. The highest BCUT2D eigenvalue weighted by Gasteiger charge is 2.35. The van der Waals surface area contributed by atoms with Crippen LogP contribution in [0.15, 0.2) is 30.5 Å². The summed E-state index contributed by atoms with van der Waals surface area (Å²) < 4.78 is 38.5. The van der Waals surface area contributed by atoms with Gasteiger partial charge in [0.05, 0.1) is 5.56 Å². The lowest BCUT2D eigenvalue weighted by atomic mass is 10.1. The Morgan fingerprint density at radius 3 is 2.59 bits per heavy atom. The van der Waals surface area contributed by atoms with Gasteiger partial charge in [-0.25, -0.2) is 14.8 Å². The molecule has 0 aliphatic carbocycles. The fourth-order valence-corrected chi connectivity index (χ4v) is 3.10. The fourth-order valence-electron chi connectivity index (χ4n) is 3.10. The average molecular weight is 379 g/mol. The van der Waals surface area contributed by atoms with Crippen molar-refractivity contribution in [2.45, 2.75) is 25.4 Å². The van der Waals surface area contributed by atoms with E-state index < -0.39 is 23.8 Å². The first-order valence-corrected chi connectivity index (χ1v) is 8.19. The number of carboxylic acid groups (broad SMARTS) is 1. The molecule has 1 aliphatic heterocycles. The lowest BCUT2D eigenvalue weighted by Gasteiger charge is -2.17. The maximum Gasteiger partial charge on any atom is 0.433 e. The topological polar surface area (TPSA) is 83.4 Å². The van der Waals surface area contributed by atoms with Crippen LogP contribution in [0.3, 0.4) is 0 Å². The molecule has 1 fully saturated rings. The van der Waals surface area contributed by atoms with Crippen LogP contribution in [0.25, 0.3) is 0 Å². The van der Waals surface area contributed by atoms with Crippen molar-refractivity contribution in [1.29, 1.82) is 0 Å². The molecule has 1 saturated heterocycles. The zero-order valence-corrected chi connectivity index (χ0v) is 14.3. The molecule has 3 rings (SSSR count). The number of nitrogens with zero attached hydrogens (tertiary/aromatic N) is 3. The molecule has 0 radical (unpaired) electrons. The molecule has 1 N–H and O–H groups in total. The van der Waals surface area contributed by atoms with Crippen LogP contribution < -0.4 is 0 Å². The molecule has 1 atom stereocenters. The molecule has 27 heavy (non-hydrogen) atoms. The Kier molecular flexibility index (Phi) is 4.86. The van der Waals surface area contributed by atoms with Crippen LogP contribution in [0.4, 0.5) is 13.2 Å². The van der Waals surface area contributed by atoms with E-state index in [2.05, 4.69) is 9.97 Å². The van der Waals surface area contributed by atoms with E-state index in [1.54, 1.807) is 13.0 Å². The number of likely N-dealkylation sites (tertiary alicyclic amines) is 1. The molecule has 2 heterocycles. The molecular weight excluding hydrogens is 363 g/mol. The van der Waals surface area contributed by atoms with Gasteiger partial charge in [-0.3, -0.25) is 4.79 Å². The summed E-state index contributed by atoms with van der Waals surface area (Å²) in [5, 5.41) is 9.13. The van der Waals surface area contributed by atoms with Gasteiger partial charge in [0.2, 0.25) is 0 Å². The molecule has 0 bridgehead atoms. The van der Waals surface area contributed by atoms with Gasteiger partial charge in [0.1, 0.15) is 11.5 Å². The first-order chi connectivity index (χ1) is 12.6. The van der Waals surface area contributed by atoms with E-state index in [0.717, 1.165) is 12.3 Å². The largest absolute Gasteiger partial charge is 0.478 e. The van der Waals surface area contributed by atoms with Crippen molar-refractivity contribution in [2.24, 2.45) is 0 Å². The number of aromatic nitrogens is 2. The van der Waals surface area contributed by atoms with Crippen LogP contribution in [-0.4, -0.2) is 44.9 Å². The molecule has 1 unspecified atom stereocenters. The summed E-state index contributed by atoms with van der Waals surface area (Å²) in [7, 11) is 0. The van der Waals surface area contributed by atoms with E-state index in [-0.39, 0.29) is 29.4 Å². The van der Waals surface area contributed by atoms with Crippen LogP contribution in [0.2, 0.25) is 0 Å². The Balaban J connectivity index is 1.78. The number of hydrogen-bond acceptors (Lipinski definition) is 4. The third-order valence-electron chi connectivity index (χ3n) is 4.38. The van der Waals surface area contributed by atoms with E-state index in [1.807, 2.05) is 0 Å².